The Bertz CT molecular complexity index is 425. The monoisotopic (exact) mass is 452 g/mol. The van der Waals surface area contributed by atoms with Crippen LogP contribution in [-0.2, 0) is 26.2 Å². The molecule has 22 heavy (non-hydrogen) atoms. The topological polar surface area (TPSA) is 0 Å². The van der Waals surface area contributed by atoms with E-state index >= 15 is 0 Å². The van der Waals surface area contributed by atoms with Crippen LogP contribution < -0.4 is 37.2 Å². The summed E-state index contributed by atoms with van der Waals surface area (Å²) >= 11 is 0. The molecule has 0 saturated carbocycles. The molecule has 0 amide bonds. The Hall–Kier alpha value is 0.493. The number of benzene rings is 1. The average Bonchev–Trinajstić information content (AvgIpc) is 2.96. The molecule has 0 heterocycles. The normalized spacial score (nSPS) is 9.00. The van der Waals surface area contributed by atoms with Crippen molar-refractivity contribution in [2.45, 2.75) is 13.3 Å². The van der Waals surface area contributed by atoms with Gasteiger partial charge in [-0.1, -0.05) is 51.3 Å². The van der Waals surface area contributed by atoms with Crippen LogP contribution in [0.1, 0.15) is 18.9 Å². The van der Waals surface area contributed by atoms with Gasteiger partial charge < -0.3 is 37.2 Å². The third-order valence-electron chi connectivity index (χ3n) is 2.63. The fourth-order valence-electron chi connectivity index (χ4n) is 1.61. The summed E-state index contributed by atoms with van der Waals surface area (Å²) in [5.41, 5.74) is 1.33. The van der Waals surface area contributed by atoms with Gasteiger partial charge in [-0.2, -0.15) is 18.2 Å². The van der Waals surface area contributed by atoms with Gasteiger partial charge in [-0.05, 0) is 30.6 Å². The van der Waals surface area contributed by atoms with E-state index in [4.69, 9.17) is 0 Å². The molecule has 0 saturated heterocycles. The van der Waals surface area contributed by atoms with E-state index in [-0.39, 0.29) is 71.3 Å². The average molecular weight is 455 g/mol. The SMILES string of the molecule is CCC(=Cc1ccccc1)P(C)C.[Cl-].[Cl-].[Cl-].[Zr+4].c1cc[cH-]c1. The Morgan fingerprint density at radius 2 is 1.45 bits per heavy atom. The molecule has 0 nitrogen and oxygen atoms in total. The summed E-state index contributed by atoms with van der Waals surface area (Å²) in [6.07, 6.45) is 3.50. The van der Waals surface area contributed by atoms with Crippen molar-refractivity contribution in [2.24, 2.45) is 0 Å². The smallest absolute Gasteiger partial charge is 1.00 e. The van der Waals surface area contributed by atoms with Gasteiger partial charge in [-0.3, -0.25) is 0 Å². The largest absolute Gasteiger partial charge is 4.00 e. The first kappa shape index (κ1) is 30.4. The van der Waals surface area contributed by atoms with E-state index in [0.717, 1.165) is 0 Å². The zero-order valence-electron chi connectivity index (χ0n) is 13.1. The van der Waals surface area contributed by atoms with Crippen molar-refractivity contribution < 1.29 is 63.4 Å². The molecular formula is C17H22Cl3PZr. The molecular weight excluding hydrogens is 433 g/mol. The Balaban J connectivity index is -0.000000156. The number of hydrogen-bond donors (Lipinski definition) is 0. The zero-order chi connectivity index (χ0) is 13.2. The summed E-state index contributed by atoms with van der Waals surface area (Å²) in [7, 11) is 0.0734. The minimum Gasteiger partial charge on any atom is -1.00 e. The van der Waals surface area contributed by atoms with Crippen molar-refractivity contribution in [1.29, 1.82) is 0 Å². The number of hydrogen-bond acceptors (Lipinski definition) is 0. The third-order valence-corrected chi connectivity index (χ3v) is 4.22. The summed E-state index contributed by atoms with van der Waals surface area (Å²) in [5, 5.41) is 1.58. The molecule has 120 valence electrons. The molecule has 0 N–H and O–H groups in total. The Morgan fingerprint density at radius 3 is 1.77 bits per heavy atom. The first-order chi connectivity index (χ1) is 8.74. The molecule has 5 heteroatoms. The first-order valence-electron chi connectivity index (χ1n) is 6.33. The van der Waals surface area contributed by atoms with Gasteiger partial charge in [0.2, 0.25) is 0 Å². The van der Waals surface area contributed by atoms with E-state index in [1.807, 2.05) is 30.3 Å². The predicted octanol–water partition coefficient (Wildman–Crippen LogP) is -3.41. The molecule has 0 fully saturated rings. The molecule has 0 bridgehead atoms. The fourth-order valence-corrected chi connectivity index (χ4v) is 2.65. The van der Waals surface area contributed by atoms with Crippen molar-refractivity contribution in [3.05, 3.63) is 71.5 Å². The van der Waals surface area contributed by atoms with Gasteiger partial charge in [0.1, 0.15) is 0 Å². The van der Waals surface area contributed by atoms with E-state index in [1.54, 1.807) is 5.31 Å². The van der Waals surface area contributed by atoms with E-state index in [9.17, 15) is 0 Å². The van der Waals surface area contributed by atoms with Gasteiger partial charge in [-0.15, -0.1) is 0 Å². The van der Waals surface area contributed by atoms with Crippen LogP contribution in [0.4, 0.5) is 0 Å². The van der Waals surface area contributed by atoms with Crippen molar-refractivity contribution in [1.82, 2.24) is 0 Å². The van der Waals surface area contributed by atoms with Crippen molar-refractivity contribution in [3.63, 3.8) is 0 Å². The van der Waals surface area contributed by atoms with Crippen LogP contribution in [0.5, 0.6) is 0 Å². The molecule has 0 aliphatic carbocycles. The summed E-state index contributed by atoms with van der Waals surface area (Å²) in [4.78, 5) is 0. The maximum atomic E-state index is 2.33. The zero-order valence-corrected chi connectivity index (χ0v) is 18.8. The standard InChI is InChI=1S/C12H17P.C5H5.3ClH.Zr/c1-4-12(13(2)3)10-11-8-6-5-7-9-11;1-2-4-5-3-1;;;;/h5-10H,4H2,1-3H3;1-5H;3*1H;/q;-1;;;;+4/p-3. The molecule has 0 spiro atoms. The van der Waals surface area contributed by atoms with Gasteiger partial charge in [0.05, 0.1) is 0 Å². The van der Waals surface area contributed by atoms with Crippen LogP contribution in [0.25, 0.3) is 6.08 Å². The van der Waals surface area contributed by atoms with E-state index in [0.29, 0.717) is 0 Å². The Labute approximate surface area is 174 Å². The van der Waals surface area contributed by atoms with E-state index in [2.05, 4.69) is 56.7 Å². The van der Waals surface area contributed by atoms with Crippen LogP contribution in [0.2, 0.25) is 0 Å². The van der Waals surface area contributed by atoms with Crippen LogP contribution in [0.3, 0.4) is 0 Å². The molecule has 0 unspecified atom stereocenters. The predicted molar refractivity (Wildman–Crippen MR) is 85.5 cm³/mol. The van der Waals surface area contributed by atoms with Gasteiger partial charge in [0.25, 0.3) is 0 Å². The van der Waals surface area contributed by atoms with Gasteiger partial charge in [-0.25, -0.2) is 12.1 Å². The molecule has 2 rings (SSSR count). The second kappa shape index (κ2) is 19.5. The molecule has 0 aliphatic heterocycles. The van der Waals surface area contributed by atoms with Gasteiger partial charge in [0, 0.05) is 0 Å². The van der Waals surface area contributed by atoms with Crippen LogP contribution in [-0.4, -0.2) is 13.3 Å². The second-order valence-electron chi connectivity index (χ2n) is 4.26. The van der Waals surface area contributed by atoms with E-state index in [1.165, 1.54) is 12.0 Å². The van der Waals surface area contributed by atoms with Crippen LogP contribution in [0, 0.1) is 0 Å². The summed E-state index contributed by atoms with van der Waals surface area (Å²) < 4.78 is 0. The quantitative estimate of drug-likeness (QED) is 0.335. The number of allylic oxidation sites excluding steroid dienone is 1. The minimum absolute atomic E-state index is 0. The van der Waals surface area contributed by atoms with Crippen molar-refractivity contribution >= 4 is 14.0 Å². The number of rotatable bonds is 3. The maximum absolute atomic E-state index is 2.33. The summed E-state index contributed by atoms with van der Waals surface area (Å²) in [6, 6.07) is 20.6. The van der Waals surface area contributed by atoms with Crippen LogP contribution in [0.15, 0.2) is 66.0 Å². The summed E-state index contributed by atoms with van der Waals surface area (Å²) in [5.74, 6) is 0. The van der Waals surface area contributed by atoms with Crippen molar-refractivity contribution in [2.75, 3.05) is 13.3 Å². The van der Waals surface area contributed by atoms with Gasteiger partial charge >= 0.3 is 26.2 Å². The molecule has 2 aromatic rings. The van der Waals surface area contributed by atoms with Crippen molar-refractivity contribution in [3.8, 4) is 0 Å². The summed E-state index contributed by atoms with van der Waals surface area (Å²) in [6.45, 7) is 6.86. The Morgan fingerprint density at radius 1 is 0.955 bits per heavy atom. The third kappa shape index (κ3) is 14.1. The second-order valence-corrected chi connectivity index (χ2v) is 6.62. The molecule has 2 aromatic carbocycles. The molecule has 0 radical (unpaired) electrons. The van der Waals surface area contributed by atoms with Gasteiger partial charge in [0.15, 0.2) is 0 Å². The fraction of sp³-hybridized carbons (Fsp3) is 0.235. The molecule has 0 aromatic heterocycles. The first-order valence-corrected chi connectivity index (χ1v) is 8.57. The number of halogens is 3. The molecule has 0 aliphatic rings. The van der Waals surface area contributed by atoms with Crippen LogP contribution >= 0.6 is 7.92 Å². The maximum Gasteiger partial charge on any atom is 4.00 e. The van der Waals surface area contributed by atoms with E-state index < -0.39 is 0 Å². The minimum atomic E-state index is 0. The molecule has 0 atom stereocenters. The Kier molecular flexibility index (Phi) is 27.0.